The van der Waals surface area contributed by atoms with Crippen LogP contribution >= 0.6 is 0 Å². The maximum absolute atomic E-state index is 12.5. The Morgan fingerprint density at radius 2 is 1.79 bits per heavy atom. The lowest BCUT2D eigenvalue weighted by Gasteiger charge is -2.38. The summed E-state index contributed by atoms with van der Waals surface area (Å²) in [6.45, 7) is 3.38. The molecule has 1 aromatic carbocycles. The van der Waals surface area contributed by atoms with E-state index in [2.05, 4.69) is 11.8 Å². The summed E-state index contributed by atoms with van der Waals surface area (Å²) in [5, 5.41) is 0. The van der Waals surface area contributed by atoms with E-state index in [-0.39, 0.29) is 12.1 Å². The molecule has 0 N–H and O–H groups in total. The minimum Gasteiger partial charge on any atom is -0.493 e. The molecule has 0 saturated carbocycles. The Morgan fingerprint density at radius 3 is 2.38 bits per heavy atom. The highest BCUT2D eigenvalue weighted by molar-refractivity contribution is 5.90. The number of carbonyl (C=O) groups is 1. The van der Waals surface area contributed by atoms with Crippen LogP contribution in [-0.2, 0) is 4.74 Å². The van der Waals surface area contributed by atoms with Gasteiger partial charge in [-0.1, -0.05) is 6.92 Å². The average Bonchev–Trinajstić information content (AvgIpc) is 2.83. The van der Waals surface area contributed by atoms with E-state index < -0.39 is 0 Å². The lowest BCUT2D eigenvalue weighted by atomic mass is 9.99. The van der Waals surface area contributed by atoms with Crippen molar-refractivity contribution in [2.24, 2.45) is 0 Å². The molecule has 5 heteroatoms. The molecule has 0 amide bonds. The van der Waals surface area contributed by atoms with Crippen molar-refractivity contribution in [3.05, 3.63) is 23.8 Å². The van der Waals surface area contributed by atoms with Crippen LogP contribution in [0.1, 0.15) is 49.4 Å². The smallest absolute Gasteiger partial charge is 0.338 e. The van der Waals surface area contributed by atoms with Crippen molar-refractivity contribution >= 4 is 5.97 Å². The van der Waals surface area contributed by atoms with Gasteiger partial charge in [-0.05, 0) is 44.0 Å². The van der Waals surface area contributed by atoms with E-state index in [1.807, 2.05) is 0 Å². The topological polar surface area (TPSA) is 48.0 Å². The predicted octanol–water partition coefficient (Wildman–Crippen LogP) is 3.27. The van der Waals surface area contributed by atoms with Crippen LogP contribution in [0.2, 0.25) is 0 Å². The van der Waals surface area contributed by atoms with Crippen molar-refractivity contribution in [1.82, 2.24) is 4.90 Å². The van der Waals surface area contributed by atoms with Gasteiger partial charge in [0, 0.05) is 24.9 Å². The molecule has 2 heterocycles. The van der Waals surface area contributed by atoms with Crippen LogP contribution in [-0.4, -0.2) is 49.8 Å². The van der Waals surface area contributed by atoms with E-state index in [0.717, 1.165) is 19.4 Å². The molecule has 2 atom stereocenters. The summed E-state index contributed by atoms with van der Waals surface area (Å²) < 4.78 is 16.3. The van der Waals surface area contributed by atoms with Crippen LogP contribution < -0.4 is 9.47 Å². The SMILES string of the molecule is CCCN1C2CCC1CC(OC(=O)c1ccc(OC)c(OC)c1)C2. The molecule has 5 nitrogen and oxygen atoms in total. The number of nitrogens with zero attached hydrogens (tertiary/aromatic N) is 1. The number of rotatable bonds is 6. The summed E-state index contributed by atoms with van der Waals surface area (Å²) >= 11 is 0. The van der Waals surface area contributed by atoms with Crippen molar-refractivity contribution < 1.29 is 19.0 Å². The lowest BCUT2D eigenvalue weighted by Crippen LogP contribution is -2.46. The van der Waals surface area contributed by atoms with Gasteiger partial charge in [0.1, 0.15) is 6.10 Å². The Morgan fingerprint density at radius 1 is 1.12 bits per heavy atom. The van der Waals surface area contributed by atoms with Gasteiger partial charge in [0.15, 0.2) is 11.5 Å². The molecular weight excluding hydrogens is 306 g/mol. The summed E-state index contributed by atoms with van der Waals surface area (Å²) in [6.07, 6.45) is 5.58. The monoisotopic (exact) mass is 333 g/mol. The molecule has 2 unspecified atom stereocenters. The van der Waals surface area contributed by atoms with Gasteiger partial charge in [0.25, 0.3) is 0 Å². The number of fused-ring (bicyclic) bond motifs is 2. The standard InChI is InChI=1S/C19H27NO4/c1-4-9-20-14-6-7-15(20)12-16(11-14)24-19(21)13-5-8-17(22-2)18(10-13)23-3/h5,8,10,14-16H,4,6-7,9,11-12H2,1-3H3. The first-order chi connectivity index (χ1) is 11.7. The van der Waals surface area contributed by atoms with Crippen LogP contribution in [0.4, 0.5) is 0 Å². The molecule has 0 aromatic heterocycles. The largest absolute Gasteiger partial charge is 0.493 e. The number of piperidine rings is 1. The first-order valence-electron chi connectivity index (χ1n) is 8.85. The molecule has 0 radical (unpaired) electrons. The number of hydrogen-bond acceptors (Lipinski definition) is 5. The first kappa shape index (κ1) is 17.1. The summed E-state index contributed by atoms with van der Waals surface area (Å²) in [4.78, 5) is 15.1. The molecule has 3 rings (SSSR count). The van der Waals surface area contributed by atoms with Gasteiger partial charge >= 0.3 is 5.97 Å². The second-order valence-corrected chi connectivity index (χ2v) is 6.69. The number of ether oxygens (including phenoxy) is 3. The van der Waals surface area contributed by atoms with Gasteiger partial charge in [-0.25, -0.2) is 4.79 Å². The molecule has 0 aliphatic carbocycles. The molecular formula is C19H27NO4. The van der Waals surface area contributed by atoms with Crippen molar-refractivity contribution in [2.75, 3.05) is 20.8 Å². The quantitative estimate of drug-likeness (QED) is 0.748. The Balaban J connectivity index is 1.64. The minimum atomic E-state index is -0.274. The van der Waals surface area contributed by atoms with Crippen molar-refractivity contribution in [3.63, 3.8) is 0 Å². The second kappa shape index (κ2) is 7.43. The molecule has 1 aromatic rings. The average molecular weight is 333 g/mol. The maximum atomic E-state index is 12.5. The first-order valence-corrected chi connectivity index (χ1v) is 8.85. The third kappa shape index (κ3) is 3.36. The lowest BCUT2D eigenvalue weighted by molar-refractivity contribution is -0.00598. The Kier molecular flexibility index (Phi) is 5.29. The molecule has 2 saturated heterocycles. The van der Waals surface area contributed by atoms with E-state index in [1.54, 1.807) is 32.4 Å². The van der Waals surface area contributed by atoms with E-state index in [0.29, 0.717) is 29.1 Å². The third-order valence-electron chi connectivity index (χ3n) is 5.22. The fourth-order valence-corrected chi connectivity index (χ4v) is 4.13. The van der Waals surface area contributed by atoms with E-state index in [1.165, 1.54) is 19.3 Å². The summed E-state index contributed by atoms with van der Waals surface area (Å²) in [5.41, 5.74) is 0.510. The molecule has 2 aliphatic heterocycles. The normalized spacial score (nSPS) is 26.2. The molecule has 24 heavy (non-hydrogen) atoms. The van der Waals surface area contributed by atoms with Crippen LogP contribution in [0.25, 0.3) is 0 Å². The van der Waals surface area contributed by atoms with Gasteiger partial charge in [0.2, 0.25) is 0 Å². The molecule has 132 valence electrons. The van der Waals surface area contributed by atoms with Gasteiger partial charge in [-0.15, -0.1) is 0 Å². The third-order valence-corrected chi connectivity index (χ3v) is 5.22. The van der Waals surface area contributed by atoms with Crippen LogP contribution in [0.3, 0.4) is 0 Å². The number of methoxy groups -OCH3 is 2. The van der Waals surface area contributed by atoms with Crippen LogP contribution in [0.15, 0.2) is 18.2 Å². The zero-order chi connectivity index (χ0) is 17.1. The highest BCUT2D eigenvalue weighted by atomic mass is 16.5. The summed E-state index contributed by atoms with van der Waals surface area (Å²) in [6, 6.07) is 6.30. The summed E-state index contributed by atoms with van der Waals surface area (Å²) in [7, 11) is 3.14. The van der Waals surface area contributed by atoms with Gasteiger partial charge in [0.05, 0.1) is 19.8 Å². The van der Waals surface area contributed by atoms with E-state index in [4.69, 9.17) is 14.2 Å². The molecule has 0 spiro atoms. The second-order valence-electron chi connectivity index (χ2n) is 6.69. The molecule has 2 bridgehead atoms. The van der Waals surface area contributed by atoms with E-state index in [9.17, 15) is 4.79 Å². The number of carbonyl (C=O) groups excluding carboxylic acids is 1. The highest BCUT2D eigenvalue weighted by Crippen LogP contribution is 2.37. The highest BCUT2D eigenvalue weighted by Gasteiger charge is 2.41. The van der Waals surface area contributed by atoms with E-state index >= 15 is 0 Å². The van der Waals surface area contributed by atoms with Crippen LogP contribution in [0, 0.1) is 0 Å². The minimum absolute atomic E-state index is 0.0243. The Labute approximate surface area is 143 Å². The van der Waals surface area contributed by atoms with Crippen LogP contribution in [0.5, 0.6) is 11.5 Å². The van der Waals surface area contributed by atoms with Crippen molar-refractivity contribution in [2.45, 2.75) is 57.2 Å². The number of esters is 1. The maximum Gasteiger partial charge on any atom is 0.338 e. The zero-order valence-electron chi connectivity index (χ0n) is 14.8. The van der Waals surface area contributed by atoms with Crippen molar-refractivity contribution in [3.8, 4) is 11.5 Å². The number of hydrogen-bond donors (Lipinski definition) is 0. The van der Waals surface area contributed by atoms with Gasteiger partial charge < -0.3 is 14.2 Å². The fourth-order valence-electron chi connectivity index (χ4n) is 4.13. The predicted molar refractivity (Wildman–Crippen MR) is 91.8 cm³/mol. The Bertz CT molecular complexity index is 575. The molecule has 2 aliphatic rings. The van der Waals surface area contributed by atoms with Gasteiger partial charge in [-0.2, -0.15) is 0 Å². The number of benzene rings is 1. The summed E-state index contributed by atoms with van der Waals surface area (Å²) in [5.74, 6) is 0.883. The van der Waals surface area contributed by atoms with Gasteiger partial charge in [-0.3, -0.25) is 4.90 Å². The van der Waals surface area contributed by atoms with Crippen molar-refractivity contribution in [1.29, 1.82) is 0 Å². The molecule has 2 fully saturated rings. The Hall–Kier alpha value is -1.75. The fraction of sp³-hybridized carbons (Fsp3) is 0.632. The zero-order valence-corrected chi connectivity index (χ0v) is 14.8.